The third-order valence-corrected chi connectivity index (χ3v) is 4.05. The number of rotatable bonds is 2. The van der Waals surface area contributed by atoms with Gasteiger partial charge in [-0.1, -0.05) is 40.2 Å². The lowest BCUT2D eigenvalue weighted by Crippen LogP contribution is -2.12. The van der Waals surface area contributed by atoms with Gasteiger partial charge in [-0.15, -0.1) is 0 Å². The Bertz CT molecular complexity index is 740. The van der Waals surface area contributed by atoms with Gasteiger partial charge in [0, 0.05) is 16.5 Å². The molecule has 0 saturated heterocycles. The van der Waals surface area contributed by atoms with Crippen LogP contribution in [0.5, 0.6) is 0 Å². The van der Waals surface area contributed by atoms with E-state index in [0.717, 1.165) is 10.5 Å². The lowest BCUT2D eigenvalue weighted by Gasteiger charge is -2.16. The molecule has 0 amide bonds. The van der Waals surface area contributed by atoms with Gasteiger partial charge in [0.05, 0.1) is 11.1 Å². The zero-order valence-electron chi connectivity index (χ0n) is 11.2. The Kier molecular flexibility index (Phi) is 3.72. The Morgan fingerprint density at radius 1 is 1.14 bits per heavy atom. The molecule has 6 heteroatoms. The maximum Gasteiger partial charge on any atom is 0.416 e. The number of carbonyl (C=O) groups excluding carboxylic acids is 1. The van der Waals surface area contributed by atoms with E-state index in [1.165, 1.54) is 12.1 Å². The molecule has 1 atom stereocenters. The number of fused-ring (bicyclic) bond motifs is 1. The number of ether oxygens (including phenoxy) is 1. The van der Waals surface area contributed by atoms with Gasteiger partial charge in [-0.25, -0.2) is 4.79 Å². The number of carbonyl (C=O) groups is 1. The van der Waals surface area contributed by atoms with Crippen LogP contribution >= 0.6 is 15.9 Å². The minimum atomic E-state index is -4.43. The molecule has 1 unspecified atom stereocenters. The average Bonchev–Trinajstić information content (AvgIpc) is 2.74. The standard InChI is InChI=1S/C16H10BrF3O2/c17-10-5-6-11-12(8-10)15(21)22-14(11)7-9-3-1-2-4-13(9)16(18,19)20/h1-6,8,14H,7H2. The lowest BCUT2D eigenvalue weighted by atomic mass is 9.96. The number of benzene rings is 2. The van der Waals surface area contributed by atoms with Crippen LogP contribution in [0.25, 0.3) is 0 Å². The van der Waals surface area contributed by atoms with Crippen molar-refractivity contribution >= 4 is 21.9 Å². The molecule has 0 bridgehead atoms. The minimum Gasteiger partial charge on any atom is -0.454 e. The highest BCUT2D eigenvalue weighted by atomic mass is 79.9. The number of halogens is 4. The van der Waals surface area contributed by atoms with Crippen LogP contribution in [0.15, 0.2) is 46.9 Å². The molecule has 1 aliphatic heterocycles. The maximum atomic E-state index is 13.0. The molecule has 0 aliphatic carbocycles. The fourth-order valence-corrected chi connectivity index (χ4v) is 2.93. The van der Waals surface area contributed by atoms with Crippen LogP contribution in [0.3, 0.4) is 0 Å². The van der Waals surface area contributed by atoms with Gasteiger partial charge in [-0.3, -0.25) is 0 Å². The predicted octanol–water partition coefficient (Wildman–Crippen LogP) is 4.92. The van der Waals surface area contributed by atoms with E-state index in [0.29, 0.717) is 11.1 Å². The summed E-state index contributed by atoms with van der Waals surface area (Å²) in [6.07, 6.45) is -5.13. The van der Waals surface area contributed by atoms with Gasteiger partial charge in [0.15, 0.2) is 0 Å². The summed E-state index contributed by atoms with van der Waals surface area (Å²) in [5, 5.41) is 0. The van der Waals surface area contributed by atoms with Crippen molar-refractivity contribution in [1.29, 1.82) is 0 Å². The third-order valence-electron chi connectivity index (χ3n) is 3.56. The van der Waals surface area contributed by atoms with E-state index in [-0.39, 0.29) is 12.0 Å². The highest BCUT2D eigenvalue weighted by Gasteiger charge is 2.36. The van der Waals surface area contributed by atoms with Crippen molar-refractivity contribution < 1.29 is 22.7 Å². The first-order valence-corrected chi connectivity index (χ1v) is 7.31. The van der Waals surface area contributed by atoms with E-state index < -0.39 is 23.8 Å². The molecular formula is C16H10BrF3O2. The molecule has 0 saturated carbocycles. The van der Waals surface area contributed by atoms with Crippen molar-refractivity contribution in [2.75, 3.05) is 0 Å². The number of esters is 1. The molecule has 1 aliphatic rings. The second kappa shape index (κ2) is 5.43. The van der Waals surface area contributed by atoms with Gasteiger partial charge >= 0.3 is 12.1 Å². The van der Waals surface area contributed by atoms with E-state index in [1.54, 1.807) is 24.3 Å². The monoisotopic (exact) mass is 370 g/mol. The van der Waals surface area contributed by atoms with Crippen LogP contribution in [0.1, 0.15) is 33.2 Å². The summed E-state index contributed by atoms with van der Waals surface area (Å²) in [5.74, 6) is -0.509. The SMILES string of the molecule is O=C1OC(Cc2ccccc2C(F)(F)F)c2ccc(Br)cc21. The Hall–Kier alpha value is -1.82. The quantitative estimate of drug-likeness (QED) is 0.701. The number of hydrogen-bond acceptors (Lipinski definition) is 2. The van der Waals surface area contributed by atoms with Crippen LogP contribution < -0.4 is 0 Å². The summed E-state index contributed by atoms with van der Waals surface area (Å²) in [5.41, 5.74) is 0.425. The van der Waals surface area contributed by atoms with Gasteiger partial charge in [0.25, 0.3) is 0 Å². The maximum absolute atomic E-state index is 13.0. The van der Waals surface area contributed by atoms with Crippen LogP contribution in [0.2, 0.25) is 0 Å². The van der Waals surface area contributed by atoms with Crippen molar-refractivity contribution in [3.63, 3.8) is 0 Å². The fraction of sp³-hybridized carbons (Fsp3) is 0.188. The molecular weight excluding hydrogens is 361 g/mol. The van der Waals surface area contributed by atoms with Crippen molar-refractivity contribution in [3.8, 4) is 0 Å². The number of hydrogen-bond donors (Lipinski definition) is 0. The summed E-state index contributed by atoms with van der Waals surface area (Å²) in [4.78, 5) is 11.8. The normalized spacial score (nSPS) is 17.3. The number of alkyl halides is 3. The molecule has 114 valence electrons. The van der Waals surface area contributed by atoms with Crippen LogP contribution in [-0.2, 0) is 17.3 Å². The molecule has 22 heavy (non-hydrogen) atoms. The summed E-state index contributed by atoms with van der Waals surface area (Å²) in [7, 11) is 0. The van der Waals surface area contributed by atoms with Crippen molar-refractivity contribution in [1.82, 2.24) is 0 Å². The zero-order valence-corrected chi connectivity index (χ0v) is 12.7. The summed E-state index contributed by atoms with van der Waals surface area (Å²) in [6, 6.07) is 10.4. The number of cyclic esters (lactones) is 1. The van der Waals surface area contributed by atoms with Crippen molar-refractivity contribution in [2.45, 2.75) is 18.7 Å². The highest BCUT2D eigenvalue weighted by molar-refractivity contribution is 9.10. The van der Waals surface area contributed by atoms with Crippen LogP contribution in [0, 0.1) is 0 Å². The second-order valence-corrected chi connectivity index (χ2v) is 5.90. The Balaban J connectivity index is 1.95. The second-order valence-electron chi connectivity index (χ2n) is 4.98. The molecule has 1 heterocycles. The first-order valence-electron chi connectivity index (χ1n) is 6.52. The smallest absolute Gasteiger partial charge is 0.416 e. The zero-order chi connectivity index (χ0) is 15.9. The molecule has 2 nitrogen and oxygen atoms in total. The van der Waals surface area contributed by atoms with E-state index >= 15 is 0 Å². The Morgan fingerprint density at radius 3 is 2.59 bits per heavy atom. The first-order chi connectivity index (χ1) is 10.4. The molecule has 0 spiro atoms. The molecule has 0 fully saturated rings. The molecule has 0 N–H and O–H groups in total. The molecule has 2 aromatic rings. The minimum absolute atomic E-state index is 0.00391. The van der Waals surface area contributed by atoms with Gasteiger partial charge in [-0.05, 0) is 23.8 Å². The van der Waals surface area contributed by atoms with Crippen LogP contribution in [-0.4, -0.2) is 5.97 Å². The first kappa shape index (κ1) is 15.1. The average molecular weight is 371 g/mol. The molecule has 2 aromatic carbocycles. The predicted molar refractivity (Wildman–Crippen MR) is 77.4 cm³/mol. The largest absolute Gasteiger partial charge is 0.454 e. The van der Waals surface area contributed by atoms with Gasteiger partial charge in [0.1, 0.15) is 6.10 Å². The summed E-state index contributed by atoms with van der Waals surface area (Å²) < 4.78 is 45.1. The van der Waals surface area contributed by atoms with Gasteiger partial charge < -0.3 is 4.74 Å². The van der Waals surface area contributed by atoms with E-state index in [1.807, 2.05) is 0 Å². The van der Waals surface area contributed by atoms with Crippen LogP contribution in [0.4, 0.5) is 13.2 Å². The fourth-order valence-electron chi connectivity index (χ4n) is 2.57. The van der Waals surface area contributed by atoms with Crippen molar-refractivity contribution in [2.24, 2.45) is 0 Å². The Morgan fingerprint density at radius 2 is 1.86 bits per heavy atom. The third kappa shape index (κ3) is 2.75. The van der Waals surface area contributed by atoms with E-state index in [4.69, 9.17) is 4.74 Å². The topological polar surface area (TPSA) is 26.3 Å². The van der Waals surface area contributed by atoms with Crippen molar-refractivity contribution in [3.05, 3.63) is 69.2 Å². The summed E-state index contributed by atoms with van der Waals surface area (Å²) >= 11 is 3.26. The van der Waals surface area contributed by atoms with Gasteiger partial charge in [-0.2, -0.15) is 13.2 Å². The Labute approximate surface area is 133 Å². The summed E-state index contributed by atoms with van der Waals surface area (Å²) in [6.45, 7) is 0. The molecule has 3 rings (SSSR count). The van der Waals surface area contributed by atoms with E-state index in [2.05, 4.69) is 15.9 Å². The molecule has 0 radical (unpaired) electrons. The lowest BCUT2D eigenvalue weighted by molar-refractivity contribution is -0.138. The van der Waals surface area contributed by atoms with E-state index in [9.17, 15) is 18.0 Å². The van der Waals surface area contributed by atoms with Gasteiger partial charge in [0.2, 0.25) is 0 Å². The highest BCUT2D eigenvalue weighted by Crippen LogP contribution is 2.38. The molecule has 0 aromatic heterocycles.